The summed E-state index contributed by atoms with van der Waals surface area (Å²) in [6.45, 7) is 1.41. The number of hydrogen-bond acceptors (Lipinski definition) is 3. The number of piperidine rings is 1. The molecule has 2 heterocycles. The Kier molecular flexibility index (Phi) is 7.34. The average molecular weight is 537 g/mol. The van der Waals surface area contributed by atoms with Gasteiger partial charge in [0.05, 0.1) is 16.2 Å². The number of fused-ring (bicyclic) bond motifs is 1. The van der Waals surface area contributed by atoms with Crippen LogP contribution in [-0.4, -0.2) is 36.9 Å². The van der Waals surface area contributed by atoms with Crippen LogP contribution in [0.5, 0.6) is 0 Å². The molecule has 2 amide bonds. The van der Waals surface area contributed by atoms with E-state index in [1.165, 1.54) is 34.4 Å². The molecule has 3 aromatic rings. The van der Waals surface area contributed by atoms with Crippen LogP contribution >= 0.6 is 11.8 Å². The number of amides is 2. The minimum absolute atomic E-state index is 0.0390. The zero-order valence-electron chi connectivity index (χ0n) is 20.9. The maximum Gasteiger partial charge on any atom is 0.416 e. The second-order valence-electron chi connectivity index (χ2n) is 9.70. The fourth-order valence-corrected chi connectivity index (χ4v) is 6.01. The van der Waals surface area contributed by atoms with Gasteiger partial charge in [0.1, 0.15) is 0 Å². The first-order chi connectivity index (χ1) is 18.2. The molecule has 3 aromatic carbocycles. The summed E-state index contributed by atoms with van der Waals surface area (Å²) in [7, 11) is 1.64. The molecule has 2 aliphatic rings. The first-order valence-corrected chi connectivity index (χ1v) is 13.3. The third-order valence-corrected chi connectivity index (χ3v) is 8.18. The van der Waals surface area contributed by atoms with Gasteiger partial charge in [0.15, 0.2) is 0 Å². The Morgan fingerprint density at radius 1 is 1.00 bits per heavy atom. The lowest BCUT2D eigenvalue weighted by Gasteiger charge is -2.33. The Hall–Kier alpha value is -3.52. The number of anilines is 1. The number of alkyl halides is 3. The van der Waals surface area contributed by atoms with E-state index < -0.39 is 11.7 Å². The van der Waals surface area contributed by atoms with Crippen molar-refractivity contribution in [3.05, 3.63) is 100.0 Å². The van der Waals surface area contributed by atoms with Crippen LogP contribution in [0.4, 0.5) is 18.9 Å². The Bertz CT molecular complexity index is 1360. The van der Waals surface area contributed by atoms with Crippen molar-refractivity contribution < 1.29 is 22.8 Å². The highest BCUT2D eigenvalue weighted by atomic mass is 32.2. The van der Waals surface area contributed by atoms with Crippen LogP contribution in [0.1, 0.15) is 39.9 Å². The molecule has 0 saturated carbocycles. The maximum absolute atomic E-state index is 13.3. The van der Waals surface area contributed by atoms with Crippen LogP contribution in [0.25, 0.3) is 6.08 Å². The highest BCUT2D eigenvalue weighted by Crippen LogP contribution is 2.42. The highest BCUT2D eigenvalue weighted by molar-refractivity contribution is 8.04. The summed E-state index contributed by atoms with van der Waals surface area (Å²) in [6, 6.07) is 20.5. The van der Waals surface area contributed by atoms with Gasteiger partial charge in [0.25, 0.3) is 11.8 Å². The molecular weight excluding hydrogens is 509 g/mol. The van der Waals surface area contributed by atoms with Crippen molar-refractivity contribution in [3.63, 3.8) is 0 Å². The van der Waals surface area contributed by atoms with E-state index >= 15 is 0 Å². The van der Waals surface area contributed by atoms with Crippen LogP contribution < -0.4 is 4.90 Å². The predicted octanol–water partition coefficient (Wildman–Crippen LogP) is 6.91. The van der Waals surface area contributed by atoms with Crippen LogP contribution in [0, 0.1) is 5.92 Å². The maximum atomic E-state index is 13.3. The van der Waals surface area contributed by atoms with Crippen LogP contribution in [0.2, 0.25) is 0 Å². The fourth-order valence-electron chi connectivity index (χ4n) is 4.92. The summed E-state index contributed by atoms with van der Waals surface area (Å²) in [6.07, 6.45) is 0.114. The highest BCUT2D eigenvalue weighted by Gasteiger charge is 2.31. The Morgan fingerprint density at radius 2 is 1.68 bits per heavy atom. The van der Waals surface area contributed by atoms with Crippen molar-refractivity contribution >= 4 is 35.3 Å². The first kappa shape index (κ1) is 26.1. The molecule has 0 bridgehead atoms. The summed E-state index contributed by atoms with van der Waals surface area (Å²) in [5.41, 5.74) is 2.29. The average Bonchev–Trinajstić information content (AvgIpc) is 2.92. The summed E-state index contributed by atoms with van der Waals surface area (Å²) in [5.74, 6) is 0.247. The van der Waals surface area contributed by atoms with Crippen molar-refractivity contribution in [2.24, 2.45) is 5.92 Å². The van der Waals surface area contributed by atoms with E-state index in [-0.39, 0.29) is 11.8 Å². The number of benzene rings is 3. The number of halogens is 3. The van der Waals surface area contributed by atoms with Gasteiger partial charge in [-0.3, -0.25) is 9.59 Å². The molecule has 2 aliphatic heterocycles. The normalized spacial score (nSPS) is 17.6. The third-order valence-electron chi connectivity index (χ3n) is 7.11. The molecular formula is C30H27F3N2O2S. The van der Waals surface area contributed by atoms with E-state index in [1.54, 1.807) is 25.3 Å². The van der Waals surface area contributed by atoms with Gasteiger partial charge in [-0.05, 0) is 72.7 Å². The number of thioether (sulfide) groups is 1. The second kappa shape index (κ2) is 10.7. The molecule has 0 spiro atoms. The Balaban J connectivity index is 1.26. The standard InChI is InChI=1S/C30H27F3N2O2S/c1-34-25-19-23(28(36)35-15-13-22(14-16-35)17-20-5-3-2-4-6-20)9-12-26(25)38-27(29(34)37)18-21-7-10-24(11-8-21)30(31,32)33/h2-12,18-19,22H,13-17H2,1H3. The zero-order chi connectivity index (χ0) is 26.9. The van der Waals surface area contributed by atoms with Gasteiger partial charge >= 0.3 is 6.18 Å². The minimum atomic E-state index is -4.41. The molecule has 0 aromatic heterocycles. The molecule has 0 radical (unpaired) electrons. The SMILES string of the molecule is CN1C(=O)C(=Cc2ccc(C(F)(F)F)cc2)Sc2ccc(C(=O)N3CCC(Cc4ccccc4)CC3)cc21. The third kappa shape index (κ3) is 5.65. The smallest absolute Gasteiger partial charge is 0.339 e. The van der Waals surface area contributed by atoms with Crippen molar-refractivity contribution in [2.45, 2.75) is 30.3 Å². The number of hydrogen-bond donors (Lipinski definition) is 0. The molecule has 196 valence electrons. The summed E-state index contributed by atoms with van der Waals surface area (Å²) < 4.78 is 38.6. The molecule has 1 fully saturated rings. The van der Waals surface area contributed by atoms with Crippen LogP contribution in [-0.2, 0) is 17.4 Å². The topological polar surface area (TPSA) is 40.6 Å². The first-order valence-electron chi connectivity index (χ1n) is 12.5. The predicted molar refractivity (Wildman–Crippen MR) is 144 cm³/mol. The van der Waals surface area contributed by atoms with E-state index in [0.29, 0.717) is 40.7 Å². The molecule has 5 rings (SSSR count). The van der Waals surface area contributed by atoms with E-state index in [1.807, 2.05) is 17.0 Å². The van der Waals surface area contributed by atoms with Gasteiger partial charge in [-0.25, -0.2) is 0 Å². The summed E-state index contributed by atoms with van der Waals surface area (Å²) in [5, 5.41) is 0. The van der Waals surface area contributed by atoms with Crippen LogP contribution in [0.15, 0.2) is 82.6 Å². The lowest BCUT2D eigenvalue weighted by atomic mass is 9.90. The number of carbonyl (C=O) groups excluding carboxylic acids is 2. The molecule has 8 heteroatoms. The van der Waals surface area contributed by atoms with Gasteiger partial charge in [-0.2, -0.15) is 13.2 Å². The van der Waals surface area contributed by atoms with Gasteiger partial charge in [0, 0.05) is 30.6 Å². The largest absolute Gasteiger partial charge is 0.416 e. The second-order valence-corrected chi connectivity index (χ2v) is 10.8. The molecule has 0 N–H and O–H groups in total. The number of nitrogens with zero attached hydrogens (tertiary/aromatic N) is 2. The zero-order valence-corrected chi connectivity index (χ0v) is 21.7. The van der Waals surface area contributed by atoms with Gasteiger partial charge in [-0.1, -0.05) is 54.2 Å². The Labute approximate surface area is 224 Å². The number of likely N-dealkylation sites (N-methyl/N-ethyl adjacent to an activating group) is 1. The molecule has 4 nitrogen and oxygen atoms in total. The number of carbonyl (C=O) groups is 2. The van der Waals surface area contributed by atoms with Gasteiger partial charge in [0.2, 0.25) is 0 Å². The van der Waals surface area contributed by atoms with E-state index in [4.69, 9.17) is 0 Å². The number of likely N-dealkylation sites (tertiary alicyclic amines) is 1. The van der Waals surface area contributed by atoms with Gasteiger partial charge in [-0.15, -0.1) is 0 Å². The Morgan fingerprint density at radius 3 is 2.34 bits per heavy atom. The summed E-state index contributed by atoms with van der Waals surface area (Å²) >= 11 is 1.25. The molecule has 38 heavy (non-hydrogen) atoms. The van der Waals surface area contributed by atoms with Crippen molar-refractivity contribution in [1.29, 1.82) is 0 Å². The molecule has 0 atom stereocenters. The summed E-state index contributed by atoms with van der Waals surface area (Å²) in [4.78, 5) is 30.9. The minimum Gasteiger partial charge on any atom is -0.339 e. The molecule has 1 saturated heterocycles. The van der Waals surface area contributed by atoms with Crippen molar-refractivity contribution in [3.8, 4) is 0 Å². The monoisotopic (exact) mass is 536 g/mol. The van der Waals surface area contributed by atoms with E-state index in [9.17, 15) is 22.8 Å². The van der Waals surface area contributed by atoms with Crippen molar-refractivity contribution in [1.82, 2.24) is 4.90 Å². The van der Waals surface area contributed by atoms with Crippen molar-refractivity contribution in [2.75, 3.05) is 25.0 Å². The number of rotatable bonds is 4. The van der Waals surface area contributed by atoms with Gasteiger partial charge < -0.3 is 9.80 Å². The van der Waals surface area contributed by atoms with Crippen LogP contribution in [0.3, 0.4) is 0 Å². The van der Waals surface area contributed by atoms with E-state index in [2.05, 4.69) is 24.3 Å². The lowest BCUT2D eigenvalue weighted by molar-refractivity contribution is -0.137. The quantitative estimate of drug-likeness (QED) is 0.340. The van der Waals surface area contributed by atoms with E-state index in [0.717, 1.165) is 36.3 Å². The molecule has 0 unspecified atom stereocenters. The fraction of sp³-hybridized carbons (Fsp3) is 0.267. The molecule has 0 aliphatic carbocycles. The lowest BCUT2D eigenvalue weighted by Crippen LogP contribution is -2.39.